The number of piperidine rings is 1. The van der Waals surface area contributed by atoms with Gasteiger partial charge in [-0.1, -0.05) is 23.7 Å². The van der Waals surface area contributed by atoms with Gasteiger partial charge >= 0.3 is 6.18 Å². The zero-order valence-corrected chi connectivity index (χ0v) is 19.3. The molecule has 0 aromatic heterocycles. The van der Waals surface area contributed by atoms with E-state index in [1.807, 2.05) is 7.05 Å². The van der Waals surface area contributed by atoms with Gasteiger partial charge in [0.05, 0.1) is 5.56 Å². The second-order valence-electron chi connectivity index (χ2n) is 8.06. The highest BCUT2D eigenvalue weighted by Crippen LogP contribution is 2.43. The van der Waals surface area contributed by atoms with Crippen LogP contribution in [-0.4, -0.2) is 37.1 Å². The summed E-state index contributed by atoms with van der Waals surface area (Å²) in [5.74, 6) is -1.11. The first-order valence-corrected chi connectivity index (χ1v) is 10.5. The number of likely N-dealkylation sites (tertiary alicyclic amines) is 1. The zero-order valence-electron chi connectivity index (χ0n) is 17.7. The molecule has 2 heterocycles. The predicted octanol–water partition coefficient (Wildman–Crippen LogP) is 3.41. The first-order valence-electron chi connectivity index (χ1n) is 10.1. The number of aliphatic imine (C=N–C) groups is 1. The van der Waals surface area contributed by atoms with Crippen LogP contribution in [0.1, 0.15) is 24.0 Å². The van der Waals surface area contributed by atoms with E-state index in [1.54, 1.807) is 24.3 Å². The molecule has 7 nitrogen and oxygen atoms in total. The molecule has 2 unspecified atom stereocenters. The fraction of sp³-hybridized carbons (Fsp3) is 0.381. The monoisotopic (exact) mass is 504 g/mol. The summed E-state index contributed by atoms with van der Waals surface area (Å²) in [6.45, 7) is 1.84. The smallest absolute Gasteiger partial charge is 0.417 e. The number of hydrogen-bond acceptors (Lipinski definition) is 7. The third-order valence-electron chi connectivity index (χ3n) is 5.54. The maximum absolute atomic E-state index is 14.0. The maximum atomic E-state index is 14.0. The first kappa shape index (κ1) is 25.4. The standard InChI is InChI=1S/C21H24ClF3N6O.ClH/c1-31-8-2-3-15(11-31)32-14-6-4-12(5-7-14)18-16(20(23,24)25)9-13(10-17(18)22)21(27)28-19(26)29-30-21;/h4-7,9-10,15,30H,2-3,8,11,27H2,1H3,(H3,26,28,29);1H. The Morgan fingerprint density at radius 2 is 1.94 bits per heavy atom. The Bertz CT molecular complexity index is 1030. The summed E-state index contributed by atoms with van der Waals surface area (Å²) in [5.41, 5.74) is 15.9. The van der Waals surface area contributed by atoms with Gasteiger partial charge in [-0.3, -0.25) is 11.2 Å². The molecule has 0 saturated carbocycles. The first-order chi connectivity index (χ1) is 15.0. The van der Waals surface area contributed by atoms with Gasteiger partial charge in [-0.05, 0) is 56.3 Å². The van der Waals surface area contributed by atoms with Crippen molar-refractivity contribution in [1.82, 2.24) is 15.8 Å². The molecular formula is C21H25Cl2F3N6O. The lowest BCUT2D eigenvalue weighted by atomic mass is 9.95. The molecule has 0 radical (unpaired) electrons. The molecule has 2 aromatic rings. The molecule has 4 rings (SSSR count). The lowest BCUT2D eigenvalue weighted by molar-refractivity contribution is -0.137. The van der Waals surface area contributed by atoms with E-state index in [0.29, 0.717) is 11.3 Å². The molecule has 0 amide bonds. The van der Waals surface area contributed by atoms with Crippen molar-refractivity contribution in [3.8, 4) is 16.9 Å². The van der Waals surface area contributed by atoms with E-state index in [0.717, 1.165) is 32.0 Å². The SMILES string of the molecule is CN1CCCC(Oc2ccc(-c3c(Cl)cc(C4(N)N=C(N)NN4)cc3C(F)(F)F)cc2)C1.Cl. The normalized spacial score (nSPS) is 23.5. The van der Waals surface area contributed by atoms with Gasteiger partial charge in [-0.2, -0.15) is 18.6 Å². The minimum atomic E-state index is -4.67. The maximum Gasteiger partial charge on any atom is 0.417 e. The molecule has 180 valence electrons. The van der Waals surface area contributed by atoms with Crippen molar-refractivity contribution < 1.29 is 17.9 Å². The van der Waals surface area contributed by atoms with E-state index in [1.165, 1.54) is 6.07 Å². The van der Waals surface area contributed by atoms with Gasteiger partial charge in [0.1, 0.15) is 11.9 Å². The third-order valence-corrected chi connectivity index (χ3v) is 5.84. The molecule has 2 atom stereocenters. The Morgan fingerprint density at radius 3 is 2.52 bits per heavy atom. The number of hydrogen-bond donors (Lipinski definition) is 4. The van der Waals surface area contributed by atoms with Crippen LogP contribution in [0, 0.1) is 0 Å². The summed E-state index contributed by atoms with van der Waals surface area (Å²) in [7, 11) is 2.03. The molecule has 0 bridgehead atoms. The second-order valence-corrected chi connectivity index (χ2v) is 8.47. The van der Waals surface area contributed by atoms with Crippen LogP contribution in [0.2, 0.25) is 5.02 Å². The van der Waals surface area contributed by atoms with Crippen LogP contribution in [0.4, 0.5) is 13.2 Å². The minimum Gasteiger partial charge on any atom is -0.489 e. The fourth-order valence-electron chi connectivity index (χ4n) is 3.99. The number of benzene rings is 2. The Morgan fingerprint density at radius 1 is 1.24 bits per heavy atom. The van der Waals surface area contributed by atoms with Crippen molar-refractivity contribution in [2.75, 3.05) is 20.1 Å². The van der Waals surface area contributed by atoms with E-state index < -0.39 is 17.5 Å². The summed E-state index contributed by atoms with van der Waals surface area (Å²) in [5, 5.41) is -0.107. The summed E-state index contributed by atoms with van der Waals surface area (Å²) in [4.78, 5) is 6.12. The predicted molar refractivity (Wildman–Crippen MR) is 124 cm³/mol. The largest absolute Gasteiger partial charge is 0.489 e. The molecule has 2 aliphatic heterocycles. The van der Waals surface area contributed by atoms with Gasteiger partial charge in [0.2, 0.25) is 11.7 Å². The summed E-state index contributed by atoms with van der Waals surface area (Å²) >= 11 is 6.34. The van der Waals surface area contributed by atoms with E-state index in [-0.39, 0.29) is 40.6 Å². The van der Waals surface area contributed by atoms with Gasteiger partial charge in [0.15, 0.2) is 0 Å². The number of nitrogens with zero attached hydrogens (tertiary/aromatic N) is 2. The van der Waals surface area contributed by atoms with Gasteiger partial charge in [0, 0.05) is 22.7 Å². The van der Waals surface area contributed by atoms with Crippen molar-refractivity contribution in [3.63, 3.8) is 0 Å². The summed E-state index contributed by atoms with van der Waals surface area (Å²) < 4.78 is 47.9. The van der Waals surface area contributed by atoms with Crippen LogP contribution in [-0.2, 0) is 12.0 Å². The van der Waals surface area contributed by atoms with Crippen molar-refractivity contribution in [1.29, 1.82) is 0 Å². The Labute approximate surface area is 200 Å². The number of rotatable bonds is 4. The number of hydrazine groups is 1. The molecule has 0 spiro atoms. The highest BCUT2D eigenvalue weighted by atomic mass is 35.5. The number of halogens is 5. The molecule has 33 heavy (non-hydrogen) atoms. The summed E-state index contributed by atoms with van der Waals surface area (Å²) in [6, 6.07) is 8.74. The highest BCUT2D eigenvalue weighted by Gasteiger charge is 2.39. The third kappa shape index (κ3) is 5.47. The minimum absolute atomic E-state index is 0. The zero-order chi connectivity index (χ0) is 23.1. The highest BCUT2D eigenvalue weighted by molar-refractivity contribution is 6.33. The second kappa shape index (κ2) is 9.55. The Hall–Kier alpha value is -2.24. The number of nitrogens with two attached hydrogens (primary N) is 2. The topological polar surface area (TPSA) is 101 Å². The molecule has 2 aromatic carbocycles. The number of nitrogens with one attached hydrogen (secondary N) is 2. The molecule has 0 aliphatic carbocycles. The number of alkyl halides is 3. The Kier molecular flexibility index (Phi) is 7.35. The number of guanidine groups is 1. The van der Waals surface area contributed by atoms with Crippen molar-refractivity contribution in [3.05, 3.63) is 52.5 Å². The molecule has 1 fully saturated rings. The van der Waals surface area contributed by atoms with Gasteiger partial charge in [0.25, 0.3) is 0 Å². The van der Waals surface area contributed by atoms with Gasteiger partial charge < -0.3 is 15.4 Å². The van der Waals surface area contributed by atoms with Crippen LogP contribution in [0.3, 0.4) is 0 Å². The van der Waals surface area contributed by atoms with Gasteiger partial charge in [-0.15, -0.1) is 12.4 Å². The molecular weight excluding hydrogens is 480 g/mol. The lowest BCUT2D eigenvalue weighted by Gasteiger charge is -2.30. The fourth-order valence-corrected chi connectivity index (χ4v) is 4.32. The van der Waals surface area contributed by atoms with Gasteiger partial charge in [-0.25, -0.2) is 4.99 Å². The van der Waals surface area contributed by atoms with E-state index in [9.17, 15) is 13.2 Å². The van der Waals surface area contributed by atoms with Crippen LogP contribution in [0.15, 0.2) is 41.4 Å². The van der Waals surface area contributed by atoms with Crippen molar-refractivity contribution >= 4 is 30.0 Å². The molecule has 1 saturated heterocycles. The molecule has 6 N–H and O–H groups in total. The molecule has 12 heteroatoms. The van der Waals surface area contributed by atoms with Crippen LogP contribution in [0.25, 0.3) is 11.1 Å². The Balaban J connectivity index is 0.00000306. The number of likely N-dealkylation sites (N-methyl/N-ethyl adjacent to an activating group) is 1. The van der Waals surface area contributed by atoms with Crippen LogP contribution < -0.4 is 27.1 Å². The summed E-state index contributed by atoms with van der Waals surface area (Å²) in [6.07, 6.45) is -2.64. The van der Waals surface area contributed by atoms with Crippen molar-refractivity contribution in [2.45, 2.75) is 30.9 Å². The lowest BCUT2D eigenvalue weighted by Crippen LogP contribution is -2.50. The molecule has 2 aliphatic rings. The van der Waals surface area contributed by atoms with E-state index in [4.69, 9.17) is 27.8 Å². The van der Waals surface area contributed by atoms with Crippen molar-refractivity contribution in [2.24, 2.45) is 16.5 Å². The average Bonchev–Trinajstić information content (AvgIpc) is 3.07. The number of ether oxygens (including phenoxy) is 1. The van der Waals surface area contributed by atoms with Crippen LogP contribution >= 0.6 is 24.0 Å². The van der Waals surface area contributed by atoms with E-state index in [2.05, 4.69) is 20.7 Å². The van der Waals surface area contributed by atoms with E-state index >= 15 is 0 Å². The van der Waals surface area contributed by atoms with Crippen LogP contribution in [0.5, 0.6) is 5.75 Å². The quantitative estimate of drug-likeness (QED) is 0.509. The average molecular weight is 505 g/mol.